The number of anilines is 1. The van der Waals surface area contributed by atoms with Gasteiger partial charge in [0, 0.05) is 18.0 Å². The number of benzene rings is 1. The number of carbonyl (C=O) groups is 1. The van der Waals surface area contributed by atoms with Crippen molar-refractivity contribution in [2.75, 3.05) is 11.9 Å². The molecule has 2 N–H and O–H groups in total. The monoisotopic (exact) mass is 345 g/mol. The number of nitrogens with one attached hydrogen (secondary N) is 2. The van der Waals surface area contributed by atoms with Crippen LogP contribution in [-0.2, 0) is 30.7 Å². The third-order valence-electron chi connectivity index (χ3n) is 4.09. The summed E-state index contributed by atoms with van der Waals surface area (Å²) >= 11 is 1.60. The maximum absolute atomic E-state index is 12.1. The SMILES string of the molecule is CCOCc1ccccc1CNC(=O)Nc1nc2c(s1)CCCC2. The van der Waals surface area contributed by atoms with Crippen LogP contribution >= 0.6 is 11.3 Å². The van der Waals surface area contributed by atoms with Crippen LogP contribution in [0.15, 0.2) is 24.3 Å². The zero-order valence-electron chi connectivity index (χ0n) is 13.9. The quantitative estimate of drug-likeness (QED) is 0.835. The van der Waals surface area contributed by atoms with E-state index in [0.29, 0.717) is 24.9 Å². The van der Waals surface area contributed by atoms with Gasteiger partial charge < -0.3 is 10.1 Å². The van der Waals surface area contributed by atoms with Crippen molar-refractivity contribution in [3.05, 3.63) is 46.0 Å². The number of fused-ring (bicyclic) bond motifs is 1. The second-order valence-corrected chi connectivity index (χ2v) is 6.89. The number of ether oxygens (including phenoxy) is 1. The van der Waals surface area contributed by atoms with Crippen molar-refractivity contribution in [1.29, 1.82) is 0 Å². The smallest absolute Gasteiger partial charge is 0.321 e. The van der Waals surface area contributed by atoms with Gasteiger partial charge in [0.05, 0.1) is 12.3 Å². The van der Waals surface area contributed by atoms with Crippen LogP contribution in [-0.4, -0.2) is 17.6 Å². The summed E-state index contributed by atoms with van der Waals surface area (Å²) in [5.74, 6) is 0. The summed E-state index contributed by atoms with van der Waals surface area (Å²) in [6, 6.07) is 7.78. The number of amides is 2. The Kier molecular flexibility index (Phi) is 5.82. The number of urea groups is 1. The van der Waals surface area contributed by atoms with E-state index in [0.717, 1.165) is 29.7 Å². The molecule has 0 unspecified atom stereocenters. The molecular weight excluding hydrogens is 322 g/mol. The third-order valence-corrected chi connectivity index (χ3v) is 5.16. The molecule has 0 radical (unpaired) electrons. The van der Waals surface area contributed by atoms with Crippen molar-refractivity contribution in [2.24, 2.45) is 0 Å². The number of carbonyl (C=O) groups excluding carboxylic acids is 1. The number of thiazole rings is 1. The number of hydrogen-bond donors (Lipinski definition) is 2. The van der Waals surface area contributed by atoms with E-state index in [2.05, 4.69) is 15.6 Å². The molecule has 0 bridgehead atoms. The normalized spacial score (nSPS) is 13.4. The first-order valence-electron chi connectivity index (χ1n) is 8.44. The predicted octanol–water partition coefficient (Wildman–Crippen LogP) is 3.88. The summed E-state index contributed by atoms with van der Waals surface area (Å²) in [6.07, 6.45) is 4.53. The largest absolute Gasteiger partial charge is 0.377 e. The highest BCUT2D eigenvalue weighted by Crippen LogP contribution is 2.29. The van der Waals surface area contributed by atoms with Gasteiger partial charge in [-0.25, -0.2) is 9.78 Å². The standard InChI is InChI=1S/C18H23N3O2S/c1-2-23-12-14-8-4-3-7-13(14)11-19-17(22)21-18-20-15-9-5-6-10-16(15)24-18/h3-4,7-8H,2,5-6,9-12H2,1H3,(H2,19,20,21,22). The van der Waals surface area contributed by atoms with Crippen LogP contribution in [0.2, 0.25) is 0 Å². The molecule has 1 heterocycles. The molecule has 2 aromatic rings. The number of rotatable bonds is 6. The summed E-state index contributed by atoms with van der Waals surface area (Å²) in [5.41, 5.74) is 3.33. The van der Waals surface area contributed by atoms with E-state index in [9.17, 15) is 4.79 Å². The average molecular weight is 345 g/mol. The lowest BCUT2D eigenvalue weighted by molar-refractivity contribution is 0.133. The minimum atomic E-state index is -0.215. The zero-order valence-corrected chi connectivity index (χ0v) is 14.7. The molecule has 0 atom stereocenters. The summed E-state index contributed by atoms with van der Waals surface area (Å²) in [6.45, 7) is 3.69. The van der Waals surface area contributed by atoms with Gasteiger partial charge in [-0.1, -0.05) is 24.3 Å². The van der Waals surface area contributed by atoms with Crippen molar-refractivity contribution in [1.82, 2.24) is 10.3 Å². The second kappa shape index (κ2) is 8.26. The molecule has 0 saturated carbocycles. The Morgan fingerprint density at radius 2 is 2.04 bits per heavy atom. The highest BCUT2D eigenvalue weighted by Gasteiger charge is 2.16. The van der Waals surface area contributed by atoms with Gasteiger partial charge in [0.15, 0.2) is 5.13 Å². The van der Waals surface area contributed by atoms with Gasteiger partial charge in [0.2, 0.25) is 0 Å². The molecule has 3 rings (SSSR count). The molecule has 6 heteroatoms. The highest BCUT2D eigenvalue weighted by molar-refractivity contribution is 7.15. The lowest BCUT2D eigenvalue weighted by Crippen LogP contribution is -2.28. The Bertz CT molecular complexity index is 676. The van der Waals surface area contributed by atoms with Gasteiger partial charge in [0.25, 0.3) is 0 Å². The van der Waals surface area contributed by atoms with Crippen LogP contribution in [0, 0.1) is 0 Å². The first-order valence-corrected chi connectivity index (χ1v) is 9.26. The zero-order chi connectivity index (χ0) is 16.8. The van der Waals surface area contributed by atoms with E-state index in [4.69, 9.17) is 4.74 Å². The first-order chi connectivity index (χ1) is 11.8. The van der Waals surface area contributed by atoms with E-state index in [1.165, 1.54) is 17.7 Å². The van der Waals surface area contributed by atoms with Crippen LogP contribution in [0.25, 0.3) is 0 Å². The van der Waals surface area contributed by atoms with Crippen LogP contribution in [0.1, 0.15) is 41.5 Å². The first kappa shape index (κ1) is 16.9. The van der Waals surface area contributed by atoms with Crippen molar-refractivity contribution in [3.8, 4) is 0 Å². The molecule has 1 aromatic heterocycles. The fraction of sp³-hybridized carbons (Fsp3) is 0.444. The van der Waals surface area contributed by atoms with Crippen LogP contribution in [0.4, 0.5) is 9.93 Å². The second-order valence-electron chi connectivity index (χ2n) is 5.81. The Labute approximate surface area is 146 Å². The molecule has 5 nitrogen and oxygen atoms in total. The van der Waals surface area contributed by atoms with E-state index in [1.807, 2.05) is 31.2 Å². The average Bonchev–Trinajstić information content (AvgIpc) is 3.01. The van der Waals surface area contributed by atoms with Gasteiger partial charge in [-0.2, -0.15) is 0 Å². The molecule has 0 aliphatic heterocycles. The fourth-order valence-corrected chi connectivity index (χ4v) is 3.85. The Morgan fingerprint density at radius 3 is 2.83 bits per heavy atom. The lowest BCUT2D eigenvalue weighted by atomic mass is 10.0. The minimum absolute atomic E-state index is 0.215. The van der Waals surface area contributed by atoms with E-state index in [-0.39, 0.29) is 6.03 Å². The fourth-order valence-electron chi connectivity index (χ4n) is 2.81. The summed E-state index contributed by atoms with van der Waals surface area (Å²) < 4.78 is 5.47. The predicted molar refractivity (Wildman–Crippen MR) is 96.4 cm³/mol. The van der Waals surface area contributed by atoms with Gasteiger partial charge in [0.1, 0.15) is 0 Å². The molecular formula is C18H23N3O2S. The van der Waals surface area contributed by atoms with Crippen molar-refractivity contribution < 1.29 is 9.53 Å². The number of nitrogens with zero attached hydrogens (tertiary/aromatic N) is 1. The minimum Gasteiger partial charge on any atom is -0.377 e. The molecule has 0 fully saturated rings. The molecule has 1 aliphatic rings. The van der Waals surface area contributed by atoms with E-state index < -0.39 is 0 Å². The molecule has 0 saturated heterocycles. The van der Waals surface area contributed by atoms with Gasteiger partial charge in [-0.05, 0) is 43.7 Å². The Morgan fingerprint density at radius 1 is 1.25 bits per heavy atom. The molecule has 2 amide bonds. The number of hydrogen-bond acceptors (Lipinski definition) is 4. The van der Waals surface area contributed by atoms with E-state index >= 15 is 0 Å². The van der Waals surface area contributed by atoms with Crippen LogP contribution < -0.4 is 10.6 Å². The maximum atomic E-state index is 12.1. The molecule has 1 aromatic carbocycles. The van der Waals surface area contributed by atoms with E-state index in [1.54, 1.807) is 11.3 Å². The van der Waals surface area contributed by atoms with Gasteiger partial charge >= 0.3 is 6.03 Å². The van der Waals surface area contributed by atoms with Crippen molar-refractivity contribution in [2.45, 2.75) is 45.8 Å². The lowest BCUT2D eigenvalue weighted by Gasteiger charge is -2.10. The number of aromatic nitrogens is 1. The Balaban J connectivity index is 1.55. The van der Waals surface area contributed by atoms with Gasteiger partial charge in [-0.3, -0.25) is 5.32 Å². The van der Waals surface area contributed by atoms with Crippen molar-refractivity contribution >= 4 is 22.5 Å². The molecule has 24 heavy (non-hydrogen) atoms. The molecule has 128 valence electrons. The van der Waals surface area contributed by atoms with Gasteiger partial charge in [-0.15, -0.1) is 11.3 Å². The number of aryl methyl sites for hydroxylation is 2. The van der Waals surface area contributed by atoms with Crippen molar-refractivity contribution in [3.63, 3.8) is 0 Å². The summed E-state index contributed by atoms with van der Waals surface area (Å²) in [7, 11) is 0. The maximum Gasteiger partial charge on any atom is 0.321 e. The molecule has 0 spiro atoms. The molecule has 1 aliphatic carbocycles. The Hall–Kier alpha value is -1.92. The topological polar surface area (TPSA) is 63.2 Å². The summed E-state index contributed by atoms with van der Waals surface area (Å²) in [5, 5.41) is 6.46. The third kappa shape index (κ3) is 4.33. The summed E-state index contributed by atoms with van der Waals surface area (Å²) in [4.78, 5) is 18.0. The van der Waals surface area contributed by atoms with Crippen LogP contribution in [0.5, 0.6) is 0 Å². The highest BCUT2D eigenvalue weighted by atomic mass is 32.1. The van der Waals surface area contributed by atoms with Crippen LogP contribution in [0.3, 0.4) is 0 Å².